The Balaban J connectivity index is 1.63. The van der Waals surface area contributed by atoms with Crippen LogP contribution in [-0.2, 0) is 4.79 Å². The first-order chi connectivity index (χ1) is 13.1. The number of benzene rings is 1. The Hall–Kier alpha value is -2.08. The fraction of sp³-hybridized carbons (Fsp3) is 0.619. The minimum atomic E-state index is 0.0869. The summed E-state index contributed by atoms with van der Waals surface area (Å²) in [5, 5.41) is 9.06. The molecule has 1 unspecified atom stereocenters. The van der Waals surface area contributed by atoms with Crippen LogP contribution in [0.15, 0.2) is 24.3 Å². The summed E-state index contributed by atoms with van der Waals surface area (Å²) in [7, 11) is 1.92. The number of hydrogen-bond donors (Lipinski definition) is 1. The second kappa shape index (κ2) is 9.22. The Bertz CT molecular complexity index is 647. The Labute approximate surface area is 161 Å². The van der Waals surface area contributed by atoms with Gasteiger partial charge in [-0.05, 0) is 56.4 Å². The molecule has 3 rings (SSSR count). The van der Waals surface area contributed by atoms with Crippen LogP contribution in [0.1, 0.15) is 48.9 Å². The SMILES string of the molecule is CN(CCO)c1ccc(C(=O)N2CCCCC2CCN2CCCC2=O)cc1. The molecule has 2 fully saturated rings. The van der Waals surface area contributed by atoms with Crippen molar-refractivity contribution in [2.45, 2.75) is 44.6 Å². The van der Waals surface area contributed by atoms with Crippen molar-refractivity contribution in [3.63, 3.8) is 0 Å². The summed E-state index contributed by atoms with van der Waals surface area (Å²) in [5.41, 5.74) is 1.70. The highest BCUT2D eigenvalue weighted by molar-refractivity contribution is 5.94. The van der Waals surface area contributed by atoms with E-state index in [-0.39, 0.29) is 24.5 Å². The number of carbonyl (C=O) groups excluding carboxylic acids is 2. The first-order valence-electron chi connectivity index (χ1n) is 10.1. The highest BCUT2D eigenvalue weighted by atomic mass is 16.3. The summed E-state index contributed by atoms with van der Waals surface area (Å²) in [4.78, 5) is 30.8. The van der Waals surface area contributed by atoms with Gasteiger partial charge in [0.2, 0.25) is 5.91 Å². The van der Waals surface area contributed by atoms with Gasteiger partial charge < -0.3 is 19.8 Å². The average Bonchev–Trinajstić information content (AvgIpc) is 3.11. The fourth-order valence-electron chi connectivity index (χ4n) is 4.12. The highest BCUT2D eigenvalue weighted by Gasteiger charge is 2.29. The van der Waals surface area contributed by atoms with Crippen molar-refractivity contribution in [1.82, 2.24) is 9.80 Å². The number of likely N-dealkylation sites (N-methyl/N-ethyl adjacent to an activating group) is 1. The number of rotatable bonds is 7. The van der Waals surface area contributed by atoms with Gasteiger partial charge in [-0.2, -0.15) is 0 Å². The monoisotopic (exact) mass is 373 g/mol. The summed E-state index contributed by atoms with van der Waals surface area (Å²) < 4.78 is 0. The Morgan fingerprint density at radius 2 is 1.96 bits per heavy atom. The molecule has 2 aliphatic rings. The number of anilines is 1. The van der Waals surface area contributed by atoms with Crippen LogP contribution >= 0.6 is 0 Å². The molecular weight excluding hydrogens is 342 g/mol. The van der Waals surface area contributed by atoms with Gasteiger partial charge in [-0.3, -0.25) is 9.59 Å². The molecular formula is C21H31N3O3. The number of nitrogens with zero attached hydrogens (tertiary/aromatic N) is 3. The van der Waals surface area contributed by atoms with E-state index in [1.54, 1.807) is 0 Å². The second-order valence-electron chi connectivity index (χ2n) is 7.61. The highest BCUT2D eigenvalue weighted by Crippen LogP contribution is 2.24. The van der Waals surface area contributed by atoms with E-state index in [9.17, 15) is 9.59 Å². The lowest BCUT2D eigenvalue weighted by Gasteiger charge is -2.36. The van der Waals surface area contributed by atoms with E-state index in [2.05, 4.69) is 0 Å². The maximum Gasteiger partial charge on any atom is 0.254 e. The molecule has 1 aromatic carbocycles. The number of aliphatic hydroxyl groups excluding tert-OH is 1. The number of carbonyl (C=O) groups is 2. The molecule has 27 heavy (non-hydrogen) atoms. The number of piperidine rings is 1. The van der Waals surface area contributed by atoms with E-state index in [1.807, 2.05) is 46.0 Å². The number of amides is 2. The van der Waals surface area contributed by atoms with Gasteiger partial charge in [0.1, 0.15) is 0 Å². The topological polar surface area (TPSA) is 64.1 Å². The van der Waals surface area contributed by atoms with E-state index in [0.717, 1.165) is 57.4 Å². The van der Waals surface area contributed by atoms with Crippen LogP contribution in [0, 0.1) is 0 Å². The van der Waals surface area contributed by atoms with E-state index in [1.165, 1.54) is 0 Å². The first kappa shape index (κ1) is 19.7. The molecule has 1 N–H and O–H groups in total. The molecule has 0 saturated carbocycles. The van der Waals surface area contributed by atoms with Crippen molar-refractivity contribution in [2.75, 3.05) is 44.7 Å². The van der Waals surface area contributed by atoms with Crippen molar-refractivity contribution in [3.05, 3.63) is 29.8 Å². The lowest BCUT2D eigenvalue weighted by Crippen LogP contribution is -2.45. The third-order valence-corrected chi connectivity index (χ3v) is 5.78. The van der Waals surface area contributed by atoms with Gasteiger partial charge in [0, 0.05) is 56.9 Å². The summed E-state index contributed by atoms with van der Waals surface area (Å²) >= 11 is 0. The smallest absolute Gasteiger partial charge is 0.254 e. The van der Waals surface area contributed by atoms with E-state index < -0.39 is 0 Å². The first-order valence-corrected chi connectivity index (χ1v) is 10.1. The zero-order valence-electron chi connectivity index (χ0n) is 16.3. The zero-order valence-corrected chi connectivity index (χ0v) is 16.3. The summed E-state index contributed by atoms with van der Waals surface area (Å²) in [6, 6.07) is 7.84. The van der Waals surface area contributed by atoms with Gasteiger partial charge in [0.25, 0.3) is 5.91 Å². The van der Waals surface area contributed by atoms with Crippen LogP contribution in [0.3, 0.4) is 0 Å². The predicted octanol–water partition coefficient (Wildman–Crippen LogP) is 2.12. The Kier molecular flexibility index (Phi) is 6.72. The summed E-state index contributed by atoms with van der Waals surface area (Å²) in [5.74, 6) is 0.343. The fourth-order valence-corrected chi connectivity index (χ4v) is 4.12. The molecule has 0 aliphatic carbocycles. The van der Waals surface area contributed by atoms with Crippen molar-refractivity contribution in [3.8, 4) is 0 Å². The van der Waals surface area contributed by atoms with Crippen LogP contribution < -0.4 is 4.90 Å². The van der Waals surface area contributed by atoms with E-state index in [0.29, 0.717) is 18.5 Å². The quantitative estimate of drug-likeness (QED) is 0.795. The second-order valence-corrected chi connectivity index (χ2v) is 7.61. The minimum Gasteiger partial charge on any atom is -0.395 e. The van der Waals surface area contributed by atoms with Gasteiger partial charge in [0.15, 0.2) is 0 Å². The van der Waals surface area contributed by atoms with Gasteiger partial charge in [-0.15, -0.1) is 0 Å². The van der Waals surface area contributed by atoms with Crippen molar-refractivity contribution >= 4 is 17.5 Å². The van der Waals surface area contributed by atoms with Crippen LogP contribution in [0.5, 0.6) is 0 Å². The van der Waals surface area contributed by atoms with Gasteiger partial charge in [0.05, 0.1) is 6.61 Å². The number of likely N-dealkylation sites (tertiary alicyclic amines) is 2. The molecule has 2 amide bonds. The molecule has 0 radical (unpaired) electrons. The third-order valence-electron chi connectivity index (χ3n) is 5.78. The minimum absolute atomic E-state index is 0.0869. The van der Waals surface area contributed by atoms with Gasteiger partial charge in [-0.25, -0.2) is 0 Å². The Morgan fingerprint density at radius 3 is 2.63 bits per heavy atom. The van der Waals surface area contributed by atoms with Crippen LogP contribution in [0.25, 0.3) is 0 Å². The summed E-state index contributed by atoms with van der Waals surface area (Å²) in [6.07, 6.45) is 5.71. The van der Waals surface area contributed by atoms with Crippen molar-refractivity contribution < 1.29 is 14.7 Å². The van der Waals surface area contributed by atoms with Crippen LogP contribution in [-0.4, -0.2) is 72.6 Å². The largest absolute Gasteiger partial charge is 0.395 e. The molecule has 0 bridgehead atoms. The standard InChI is InChI=1S/C21H31N3O3/c1-22(15-16-25)18-9-7-17(8-10-18)21(27)24-13-3-2-5-19(24)11-14-23-12-4-6-20(23)26/h7-10,19,25H,2-6,11-16H2,1H3. The summed E-state index contributed by atoms with van der Waals surface area (Å²) in [6.45, 7) is 3.09. The Morgan fingerprint density at radius 1 is 1.19 bits per heavy atom. The van der Waals surface area contributed by atoms with Crippen LogP contribution in [0.2, 0.25) is 0 Å². The van der Waals surface area contributed by atoms with Crippen molar-refractivity contribution in [1.29, 1.82) is 0 Å². The predicted molar refractivity (Wildman–Crippen MR) is 106 cm³/mol. The number of aliphatic hydroxyl groups is 1. The van der Waals surface area contributed by atoms with Gasteiger partial charge >= 0.3 is 0 Å². The maximum absolute atomic E-state index is 13.1. The lowest BCUT2D eigenvalue weighted by molar-refractivity contribution is -0.127. The molecule has 2 aliphatic heterocycles. The maximum atomic E-state index is 13.1. The molecule has 6 heteroatoms. The molecule has 0 aromatic heterocycles. The third kappa shape index (κ3) is 4.80. The van der Waals surface area contributed by atoms with Gasteiger partial charge in [-0.1, -0.05) is 0 Å². The molecule has 2 saturated heterocycles. The number of hydrogen-bond acceptors (Lipinski definition) is 4. The van der Waals surface area contributed by atoms with E-state index >= 15 is 0 Å². The molecule has 0 spiro atoms. The normalized spacial score (nSPS) is 20.2. The molecule has 148 valence electrons. The molecule has 1 aromatic rings. The molecule has 2 heterocycles. The zero-order chi connectivity index (χ0) is 19.2. The molecule has 1 atom stereocenters. The molecule has 6 nitrogen and oxygen atoms in total. The van der Waals surface area contributed by atoms with E-state index in [4.69, 9.17) is 5.11 Å². The van der Waals surface area contributed by atoms with Crippen molar-refractivity contribution in [2.24, 2.45) is 0 Å². The average molecular weight is 373 g/mol. The van der Waals surface area contributed by atoms with Crippen LogP contribution in [0.4, 0.5) is 5.69 Å². The lowest BCUT2D eigenvalue weighted by atomic mass is 9.98.